The highest BCUT2D eigenvalue weighted by Gasteiger charge is 2.23. The van der Waals surface area contributed by atoms with E-state index in [9.17, 15) is 0 Å². The molecule has 0 aliphatic heterocycles. The average molecular weight is 329 g/mol. The van der Waals surface area contributed by atoms with Gasteiger partial charge in [-0.3, -0.25) is 0 Å². The van der Waals surface area contributed by atoms with Gasteiger partial charge < -0.3 is 4.74 Å². The van der Waals surface area contributed by atoms with Gasteiger partial charge in [-0.1, -0.05) is 36.4 Å². The summed E-state index contributed by atoms with van der Waals surface area (Å²) in [5, 5.41) is 9.42. The normalized spacial score (nSPS) is 10.6. The molecule has 5 nitrogen and oxygen atoms in total. The number of hydrogen-bond donors (Lipinski definition) is 0. The maximum Gasteiger partial charge on any atom is 0.340 e. The monoisotopic (exact) mass is 329 g/mol. The fraction of sp³-hybridized carbons (Fsp3) is 0.0500. The Bertz CT molecular complexity index is 907. The minimum Gasteiger partial charge on any atom is -0.497 e. The zero-order valence-corrected chi connectivity index (χ0v) is 13.8. The van der Waals surface area contributed by atoms with Gasteiger partial charge in [0.15, 0.2) is 5.69 Å². The van der Waals surface area contributed by atoms with E-state index in [2.05, 4.69) is 0 Å². The van der Waals surface area contributed by atoms with Crippen molar-refractivity contribution in [3.63, 3.8) is 0 Å². The number of para-hydroxylation sites is 2. The maximum absolute atomic E-state index is 5.22. The quantitative estimate of drug-likeness (QED) is 0.540. The van der Waals surface area contributed by atoms with E-state index >= 15 is 0 Å². The molecular formula is C20H17N4O+. The maximum atomic E-state index is 5.22. The summed E-state index contributed by atoms with van der Waals surface area (Å²) >= 11 is 0. The lowest BCUT2D eigenvalue weighted by Gasteiger charge is -1.98. The highest BCUT2D eigenvalue weighted by atomic mass is 16.5. The van der Waals surface area contributed by atoms with Crippen LogP contribution in [0.5, 0.6) is 5.75 Å². The fourth-order valence-corrected chi connectivity index (χ4v) is 2.60. The Kier molecular flexibility index (Phi) is 3.96. The molecule has 0 saturated heterocycles. The molecule has 0 unspecified atom stereocenters. The summed E-state index contributed by atoms with van der Waals surface area (Å²) in [5.41, 5.74) is 2.82. The molecule has 0 saturated carbocycles. The third kappa shape index (κ3) is 2.99. The van der Waals surface area contributed by atoms with E-state index in [0.717, 1.165) is 22.7 Å². The van der Waals surface area contributed by atoms with Crippen LogP contribution in [0, 0.1) is 0 Å². The topological polar surface area (TPSA) is 43.8 Å². The van der Waals surface area contributed by atoms with Gasteiger partial charge in [0.25, 0.3) is 0 Å². The van der Waals surface area contributed by atoms with Crippen molar-refractivity contribution in [2.24, 2.45) is 0 Å². The van der Waals surface area contributed by atoms with Gasteiger partial charge in [0.05, 0.1) is 17.8 Å². The van der Waals surface area contributed by atoms with Crippen molar-refractivity contribution >= 4 is 0 Å². The molecule has 4 aromatic rings. The summed E-state index contributed by atoms with van der Waals surface area (Å²) < 4.78 is 5.22. The third-order valence-electron chi connectivity index (χ3n) is 3.88. The van der Waals surface area contributed by atoms with Crippen molar-refractivity contribution in [1.29, 1.82) is 0 Å². The number of tetrazole rings is 1. The molecule has 0 atom stereocenters. The van der Waals surface area contributed by atoms with E-state index < -0.39 is 0 Å². The van der Waals surface area contributed by atoms with Crippen LogP contribution in [0.2, 0.25) is 0 Å². The summed E-state index contributed by atoms with van der Waals surface area (Å²) in [6.45, 7) is 0. The molecule has 1 heterocycles. The summed E-state index contributed by atoms with van der Waals surface area (Å²) in [4.78, 5) is 3.60. The molecule has 4 rings (SSSR count). The number of ether oxygens (including phenoxy) is 1. The minimum absolute atomic E-state index is 0.648. The highest BCUT2D eigenvalue weighted by molar-refractivity contribution is 5.55. The van der Waals surface area contributed by atoms with Crippen molar-refractivity contribution in [2.45, 2.75) is 0 Å². The molecule has 3 aromatic carbocycles. The van der Waals surface area contributed by atoms with E-state index in [0.29, 0.717) is 5.82 Å². The molecule has 5 heteroatoms. The van der Waals surface area contributed by atoms with Crippen molar-refractivity contribution in [2.75, 3.05) is 7.11 Å². The van der Waals surface area contributed by atoms with Gasteiger partial charge in [-0.05, 0) is 58.4 Å². The van der Waals surface area contributed by atoms with Crippen LogP contribution in [-0.2, 0) is 0 Å². The van der Waals surface area contributed by atoms with Gasteiger partial charge in [-0.2, -0.15) is 0 Å². The second-order valence-corrected chi connectivity index (χ2v) is 5.50. The van der Waals surface area contributed by atoms with E-state index in [1.807, 2.05) is 84.9 Å². The fourth-order valence-electron chi connectivity index (χ4n) is 2.60. The van der Waals surface area contributed by atoms with Gasteiger partial charge in [-0.25, -0.2) is 0 Å². The van der Waals surface area contributed by atoms with Crippen molar-refractivity contribution < 1.29 is 9.53 Å². The van der Waals surface area contributed by atoms with Crippen LogP contribution >= 0.6 is 0 Å². The molecular weight excluding hydrogens is 312 g/mol. The summed E-state index contributed by atoms with van der Waals surface area (Å²) in [7, 11) is 1.65. The van der Waals surface area contributed by atoms with E-state index in [1.165, 1.54) is 0 Å². The molecule has 0 aliphatic rings. The Labute approximate surface area is 145 Å². The van der Waals surface area contributed by atoms with Crippen LogP contribution in [0.1, 0.15) is 0 Å². The molecule has 25 heavy (non-hydrogen) atoms. The Morgan fingerprint density at radius 1 is 0.800 bits per heavy atom. The van der Waals surface area contributed by atoms with Gasteiger partial charge in [0, 0.05) is 4.80 Å². The highest BCUT2D eigenvalue weighted by Crippen LogP contribution is 2.19. The first kappa shape index (κ1) is 15.1. The molecule has 1 aromatic heterocycles. The standard InChI is InChI=1S/C20H17N4O/c1-25-19-14-12-16(13-15-19)20-21-23(17-8-4-2-5-9-17)24(22-20)18-10-6-3-7-11-18/h2-15H,1H3/q+1. The minimum atomic E-state index is 0.648. The summed E-state index contributed by atoms with van der Waals surface area (Å²) in [5.74, 6) is 1.46. The summed E-state index contributed by atoms with van der Waals surface area (Å²) in [6.07, 6.45) is 0. The number of nitrogens with zero attached hydrogens (tertiary/aromatic N) is 4. The zero-order valence-electron chi connectivity index (χ0n) is 13.8. The van der Waals surface area contributed by atoms with Crippen LogP contribution < -0.4 is 9.53 Å². The molecule has 0 amide bonds. The molecule has 0 fully saturated rings. The Morgan fingerprint density at radius 3 is 2.08 bits per heavy atom. The predicted molar refractivity (Wildman–Crippen MR) is 94.9 cm³/mol. The lowest BCUT2D eigenvalue weighted by Crippen LogP contribution is -2.43. The number of benzene rings is 3. The smallest absolute Gasteiger partial charge is 0.340 e. The average Bonchev–Trinajstić information content (AvgIpc) is 3.15. The van der Waals surface area contributed by atoms with Gasteiger partial charge in [0.1, 0.15) is 11.4 Å². The molecule has 122 valence electrons. The molecule has 0 spiro atoms. The van der Waals surface area contributed by atoms with Gasteiger partial charge in [-0.15, -0.1) is 0 Å². The molecule has 0 bridgehead atoms. The zero-order chi connectivity index (χ0) is 17.1. The van der Waals surface area contributed by atoms with E-state index in [4.69, 9.17) is 14.9 Å². The van der Waals surface area contributed by atoms with E-state index in [1.54, 1.807) is 16.7 Å². The molecule has 0 radical (unpaired) electrons. The second-order valence-electron chi connectivity index (χ2n) is 5.50. The van der Waals surface area contributed by atoms with Crippen molar-refractivity contribution in [3.8, 4) is 28.5 Å². The Balaban J connectivity index is 1.86. The lowest BCUT2D eigenvalue weighted by molar-refractivity contribution is -0.734. The second kappa shape index (κ2) is 6.57. The van der Waals surface area contributed by atoms with Crippen molar-refractivity contribution in [1.82, 2.24) is 15.0 Å². The first-order valence-corrected chi connectivity index (χ1v) is 8.00. The first-order valence-electron chi connectivity index (χ1n) is 8.00. The number of hydrogen-bond acceptors (Lipinski definition) is 3. The van der Waals surface area contributed by atoms with E-state index in [-0.39, 0.29) is 0 Å². The number of methoxy groups -OCH3 is 1. The lowest BCUT2D eigenvalue weighted by atomic mass is 10.2. The van der Waals surface area contributed by atoms with Crippen LogP contribution in [0.3, 0.4) is 0 Å². The summed E-state index contributed by atoms with van der Waals surface area (Å²) in [6, 6.07) is 27.7. The van der Waals surface area contributed by atoms with Crippen LogP contribution in [0.15, 0.2) is 84.9 Å². The van der Waals surface area contributed by atoms with Crippen LogP contribution in [0.4, 0.5) is 0 Å². The van der Waals surface area contributed by atoms with Gasteiger partial charge in [0.2, 0.25) is 0 Å². The van der Waals surface area contributed by atoms with Gasteiger partial charge >= 0.3 is 5.82 Å². The number of aromatic nitrogens is 4. The van der Waals surface area contributed by atoms with Crippen LogP contribution in [-0.4, -0.2) is 22.1 Å². The van der Waals surface area contributed by atoms with Crippen molar-refractivity contribution in [3.05, 3.63) is 84.9 Å². The Hall–Kier alpha value is -3.47. The molecule has 0 aliphatic carbocycles. The molecule has 0 N–H and O–H groups in total. The number of rotatable bonds is 4. The van der Waals surface area contributed by atoms with Crippen LogP contribution in [0.25, 0.3) is 22.8 Å². The third-order valence-corrected chi connectivity index (χ3v) is 3.88. The Morgan fingerprint density at radius 2 is 1.44 bits per heavy atom. The first-order chi connectivity index (χ1) is 12.3. The SMILES string of the molecule is COc1ccc(-c2nn(-c3ccccc3)[n+](-c3ccccc3)n2)cc1. The largest absolute Gasteiger partial charge is 0.497 e. The predicted octanol–water partition coefficient (Wildman–Crippen LogP) is 3.22.